The van der Waals surface area contributed by atoms with Crippen molar-refractivity contribution in [1.82, 2.24) is 0 Å². The van der Waals surface area contributed by atoms with E-state index in [0.29, 0.717) is 17.8 Å². The fraction of sp³-hybridized carbons (Fsp3) is 0.489. The Labute approximate surface area is 299 Å². The Bertz CT molecular complexity index is 1470. The van der Waals surface area contributed by atoms with Gasteiger partial charge in [0.1, 0.15) is 0 Å². The highest BCUT2D eigenvalue weighted by molar-refractivity contribution is 5.49. The molecule has 3 atom stereocenters. The molecular weight excluding hydrogens is 593 g/mol. The summed E-state index contributed by atoms with van der Waals surface area (Å²) in [5.41, 5.74) is 25.0. The van der Waals surface area contributed by atoms with E-state index in [1.54, 1.807) is 0 Å². The highest BCUT2D eigenvalue weighted by Crippen LogP contribution is 2.41. The van der Waals surface area contributed by atoms with Crippen LogP contribution in [0.3, 0.4) is 0 Å². The predicted octanol–water partition coefficient (Wildman–Crippen LogP) is 13.2. The zero-order chi connectivity index (χ0) is 34.8. The standard InChI is InChI=1S/C47H64N2/c1-6-9-11-14-36(35-15-12-10-13-16-35)25-28-47(39-21-17-37(18-22-39)43(7-2)45-29-26-41(48)31-33(45)4)40-23-19-38(20-24-40)44(8-3)46-30-27-42(49)32-34(46)5/h17-24,26-27,29-32,35-36,43-44,47H,6-16,25,28,48-49H2,1-5H3. The minimum Gasteiger partial charge on any atom is -0.399 e. The van der Waals surface area contributed by atoms with E-state index < -0.39 is 0 Å². The van der Waals surface area contributed by atoms with E-state index in [2.05, 4.69) is 120 Å². The van der Waals surface area contributed by atoms with E-state index in [4.69, 9.17) is 11.5 Å². The van der Waals surface area contributed by atoms with Crippen LogP contribution >= 0.6 is 0 Å². The van der Waals surface area contributed by atoms with Crippen LogP contribution in [-0.2, 0) is 0 Å². The van der Waals surface area contributed by atoms with Crippen LogP contribution in [0.5, 0.6) is 0 Å². The van der Waals surface area contributed by atoms with Gasteiger partial charge in [-0.15, -0.1) is 0 Å². The van der Waals surface area contributed by atoms with Gasteiger partial charge in [0.05, 0.1) is 0 Å². The molecule has 2 nitrogen and oxygen atoms in total. The molecule has 0 radical (unpaired) electrons. The minimum absolute atomic E-state index is 0.379. The van der Waals surface area contributed by atoms with Crippen LogP contribution in [0.15, 0.2) is 84.9 Å². The normalized spacial score (nSPS) is 16.3. The zero-order valence-corrected chi connectivity index (χ0v) is 31.3. The van der Waals surface area contributed by atoms with Crippen molar-refractivity contribution in [3.05, 3.63) is 129 Å². The van der Waals surface area contributed by atoms with Gasteiger partial charge in [-0.05, 0) is 120 Å². The summed E-state index contributed by atoms with van der Waals surface area (Å²) in [6.07, 6.45) is 17.3. The van der Waals surface area contributed by atoms with Gasteiger partial charge in [-0.3, -0.25) is 0 Å². The average molecular weight is 657 g/mol. The number of aryl methyl sites for hydroxylation is 2. The van der Waals surface area contributed by atoms with Crippen molar-refractivity contribution >= 4 is 11.4 Å². The molecule has 0 amide bonds. The minimum atomic E-state index is 0.379. The van der Waals surface area contributed by atoms with Gasteiger partial charge in [0, 0.05) is 29.1 Å². The predicted molar refractivity (Wildman–Crippen MR) is 214 cm³/mol. The van der Waals surface area contributed by atoms with E-state index in [-0.39, 0.29) is 0 Å². The second-order valence-electron chi connectivity index (χ2n) is 15.3. The molecular formula is C47H64N2. The van der Waals surface area contributed by atoms with Crippen molar-refractivity contribution in [3.63, 3.8) is 0 Å². The van der Waals surface area contributed by atoms with Crippen LogP contribution in [0.4, 0.5) is 11.4 Å². The van der Waals surface area contributed by atoms with Crippen LogP contribution in [0.1, 0.15) is 167 Å². The molecule has 0 bridgehead atoms. The Hall–Kier alpha value is -3.52. The van der Waals surface area contributed by atoms with Gasteiger partial charge in [0.25, 0.3) is 0 Å². The fourth-order valence-corrected chi connectivity index (χ4v) is 9.16. The molecule has 1 aliphatic carbocycles. The molecule has 0 saturated heterocycles. The zero-order valence-electron chi connectivity index (χ0n) is 31.3. The quantitative estimate of drug-likeness (QED) is 0.0931. The van der Waals surface area contributed by atoms with E-state index in [1.807, 2.05) is 0 Å². The summed E-state index contributed by atoms with van der Waals surface area (Å²) in [6.45, 7) is 11.3. The fourth-order valence-electron chi connectivity index (χ4n) is 9.16. The summed E-state index contributed by atoms with van der Waals surface area (Å²) >= 11 is 0. The van der Waals surface area contributed by atoms with Crippen molar-refractivity contribution in [2.24, 2.45) is 11.8 Å². The second-order valence-corrected chi connectivity index (χ2v) is 15.3. The van der Waals surface area contributed by atoms with Gasteiger partial charge in [-0.2, -0.15) is 0 Å². The topological polar surface area (TPSA) is 52.0 Å². The number of rotatable bonds is 16. The van der Waals surface area contributed by atoms with Gasteiger partial charge in [-0.25, -0.2) is 0 Å². The smallest absolute Gasteiger partial charge is 0.0316 e. The molecule has 3 unspecified atom stereocenters. The number of hydrogen-bond acceptors (Lipinski definition) is 2. The summed E-state index contributed by atoms with van der Waals surface area (Å²) in [5.74, 6) is 2.92. The number of anilines is 2. The third-order valence-electron chi connectivity index (χ3n) is 12.0. The Balaban J connectivity index is 1.44. The first kappa shape index (κ1) is 36.8. The van der Waals surface area contributed by atoms with Crippen molar-refractivity contribution in [1.29, 1.82) is 0 Å². The summed E-state index contributed by atoms with van der Waals surface area (Å²) in [4.78, 5) is 0. The first-order chi connectivity index (χ1) is 23.8. The molecule has 4 aromatic rings. The van der Waals surface area contributed by atoms with Crippen molar-refractivity contribution in [2.75, 3.05) is 11.5 Å². The lowest BCUT2D eigenvalue weighted by Gasteiger charge is -2.32. The van der Waals surface area contributed by atoms with E-state index in [1.165, 1.54) is 115 Å². The van der Waals surface area contributed by atoms with Crippen molar-refractivity contribution < 1.29 is 0 Å². The molecule has 1 saturated carbocycles. The molecule has 0 aliphatic heterocycles. The Morgan fingerprint density at radius 2 is 0.980 bits per heavy atom. The molecule has 262 valence electrons. The molecule has 0 spiro atoms. The molecule has 2 heteroatoms. The number of nitrogens with two attached hydrogens (primary N) is 2. The molecule has 1 aliphatic rings. The van der Waals surface area contributed by atoms with Crippen LogP contribution in [0.25, 0.3) is 0 Å². The average Bonchev–Trinajstić information content (AvgIpc) is 3.11. The van der Waals surface area contributed by atoms with E-state index in [9.17, 15) is 0 Å². The lowest BCUT2D eigenvalue weighted by molar-refractivity contribution is 0.215. The van der Waals surface area contributed by atoms with Crippen LogP contribution < -0.4 is 11.5 Å². The lowest BCUT2D eigenvalue weighted by atomic mass is 9.74. The molecule has 0 heterocycles. The second kappa shape index (κ2) is 17.9. The molecule has 49 heavy (non-hydrogen) atoms. The number of hydrogen-bond donors (Lipinski definition) is 2. The highest BCUT2D eigenvalue weighted by Gasteiger charge is 2.26. The molecule has 4 N–H and O–H groups in total. The summed E-state index contributed by atoms with van der Waals surface area (Å²) < 4.78 is 0. The summed E-state index contributed by atoms with van der Waals surface area (Å²) in [6, 6.07) is 32.3. The monoisotopic (exact) mass is 657 g/mol. The summed E-state index contributed by atoms with van der Waals surface area (Å²) in [7, 11) is 0. The SMILES string of the molecule is CCCCCC(CCC(c1ccc(C(CC)c2ccc(N)cc2C)cc1)c1ccc(C(CC)c2ccc(N)cc2C)cc1)C1CCCCC1. The van der Waals surface area contributed by atoms with Gasteiger partial charge in [0.2, 0.25) is 0 Å². The molecule has 5 rings (SSSR count). The molecule has 1 fully saturated rings. The van der Waals surface area contributed by atoms with Crippen LogP contribution in [0, 0.1) is 25.7 Å². The van der Waals surface area contributed by atoms with Gasteiger partial charge < -0.3 is 11.5 Å². The van der Waals surface area contributed by atoms with Gasteiger partial charge >= 0.3 is 0 Å². The van der Waals surface area contributed by atoms with E-state index in [0.717, 1.165) is 36.1 Å². The summed E-state index contributed by atoms with van der Waals surface area (Å²) in [5, 5.41) is 0. The van der Waals surface area contributed by atoms with Gasteiger partial charge in [0.15, 0.2) is 0 Å². The van der Waals surface area contributed by atoms with Crippen molar-refractivity contribution in [3.8, 4) is 0 Å². The third kappa shape index (κ3) is 9.39. The molecule has 4 aromatic carbocycles. The maximum absolute atomic E-state index is 6.12. The van der Waals surface area contributed by atoms with Crippen LogP contribution in [0.2, 0.25) is 0 Å². The highest BCUT2D eigenvalue weighted by atomic mass is 14.5. The number of nitrogen functional groups attached to an aromatic ring is 2. The molecule has 0 aromatic heterocycles. The van der Waals surface area contributed by atoms with Crippen molar-refractivity contribution in [2.45, 2.75) is 136 Å². The Morgan fingerprint density at radius 1 is 0.531 bits per heavy atom. The Morgan fingerprint density at radius 3 is 1.39 bits per heavy atom. The third-order valence-corrected chi connectivity index (χ3v) is 12.0. The van der Waals surface area contributed by atoms with Gasteiger partial charge in [-0.1, -0.05) is 139 Å². The lowest BCUT2D eigenvalue weighted by Crippen LogP contribution is -2.19. The maximum Gasteiger partial charge on any atom is 0.0316 e. The first-order valence-corrected chi connectivity index (χ1v) is 19.7. The first-order valence-electron chi connectivity index (χ1n) is 19.7. The van der Waals surface area contributed by atoms with Crippen LogP contribution in [-0.4, -0.2) is 0 Å². The maximum atomic E-state index is 6.12. The van der Waals surface area contributed by atoms with E-state index >= 15 is 0 Å². The number of benzene rings is 4. The number of unbranched alkanes of at least 4 members (excludes halogenated alkanes) is 2. The Kier molecular flexibility index (Phi) is 13.4. The largest absolute Gasteiger partial charge is 0.399 e.